The van der Waals surface area contributed by atoms with Crippen molar-refractivity contribution in [2.75, 3.05) is 32.7 Å². The summed E-state index contributed by atoms with van der Waals surface area (Å²) in [6, 6.07) is -4.46. The van der Waals surface area contributed by atoms with E-state index in [1.807, 2.05) is 0 Å². The monoisotopic (exact) mass is 1000 g/mol. The standard InChI is InChI=1S/C45H76N14O12/c1-23(2)21-33-42(68)54-28(11-16-46)37(63)53-31(14-19-49)41(67)59-35(24(3)60)44(70)50-20-15-32(55-38(64)30(13-18-48)56-45(71)36(25(4)61)51-26(5)62)40(66)52-29(12-17-47)39(65)58-34(43(69)57-33)22-27-9-7-6-8-10-27/h6-10,23-25,28-36,60-61H,11-22,46-49H2,1-5H3,(H,50,70)(H,51,62)(H,52,66)(H,53,63)(H,54,68)(H,55,64)(H,56,71)(H,57,69)(H,58,65)(H,59,67)/t24-,25-,28+,29+,30+,31+,32+,33+,34-,35+,36+/m1/s1. The minimum Gasteiger partial charge on any atom is -0.391 e. The zero-order valence-corrected chi connectivity index (χ0v) is 41.1. The lowest BCUT2D eigenvalue weighted by molar-refractivity contribution is -0.136. The number of rotatable bonds is 19. The van der Waals surface area contributed by atoms with Crippen molar-refractivity contribution in [1.29, 1.82) is 0 Å². The van der Waals surface area contributed by atoms with Crippen LogP contribution in [0.25, 0.3) is 0 Å². The third-order valence-electron chi connectivity index (χ3n) is 11.2. The van der Waals surface area contributed by atoms with Gasteiger partial charge in [0.2, 0.25) is 59.1 Å². The third kappa shape index (κ3) is 20.9. The summed E-state index contributed by atoms with van der Waals surface area (Å²) in [7, 11) is 0. The zero-order valence-electron chi connectivity index (χ0n) is 41.1. The van der Waals surface area contributed by atoms with Crippen LogP contribution in [0.2, 0.25) is 0 Å². The van der Waals surface area contributed by atoms with Crippen LogP contribution in [0.5, 0.6) is 0 Å². The van der Waals surface area contributed by atoms with Gasteiger partial charge >= 0.3 is 0 Å². The lowest BCUT2D eigenvalue weighted by Gasteiger charge is -2.28. The highest BCUT2D eigenvalue weighted by molar-refractivity contribution is 5.98. The smallest absolute Gasteiger partial charge is 0.245 e. The van der Waals surface area contributed by atoms with Gasteiger partial charge in [-0.15, -0.1) is 0 Å². The molecule has 11 atom stereocenters. The Morgan fingerprint density at radius 3 is 1.58 bits per heavy atom. The predicted octanol–water partition coefficient (Wildman–Crippen LogP) is -6.67. The van der Waals surface area contributed by atoms with Crippen molar-refractivity contribution in [3.05, 3.63) is 35.9 Å². The summed E-state index contributed by atoms with van der Waals surface area (Å²) in [5.74, 6) is -9.02. The topological polar surface area (TPSA) is 436 Å². The van der Waals surface area contributed by atoms with Crippen LogP contribution in [-0.4, -0.2) is 169 Å². The van der Waals surface area contributed by atoms with Crippen molar-refractivity contribution in [2.24, 2.45) is 28.9 Å². The second-order valence-electron chi connectivity index (χ2n) is 17.8. The number of aliphatic hydroxyl groups excluding tert-OH is 2. The molecule has 0 saturated carbocycles. The van der Waals surface area contributed by atoms with E-state index in [1.165, 1.54) is 13.8 Å². The number of nitrogens with two attached hydrogens (primary N) is 4. The Labute approximate surface area is 413 Å². The van der Waals surface area contributed by atoms with Crippen LogP contribution in [0.15, 0.2) is 30.3 Å². The van der Waals surface area contributed by atoms with Crippen LogP contribution in [0.1, 0.15) is 78.7 Å². The quantitative estimate of drug-likeness (QED) is 0.0613. The van der Waals surface area contributed by atoms with E-state index in [4.69, 9.17) is 22.9 Å². The van der Waals surface area contributed by atoms with E-state index < -0.39 is 139 Å². The summed E-state index contributed by atoms with van der Waals surface area (Å²) in [5.41, 5.74) is 23.9. The Morgan fingerprint density at radius 1 is 0.620 bits per heavy atom. The summed E-state index contributed by atoms with van der Waals surface area (Å²) in [6.07, 6.45) is -4.06. The minimum atomic E-state index is -1.65. The first kappa shape index (κ1) is 60.8. The maximum absolute atomic E-state index is 14.3. The fraction of sp³-hybridized carbons (Fsp3) is 0.644. The second-order valence-corrected chi connectivity index (χ2v) is 17.8. The number of hydrogen-bond donors (Lipinski definition) is 16. The van der Waals surface area contributed by atoms with Gasteiger partial charge in [0.25, 0.3) is 0 Å². The van der Waals surface area contributed by atoms with E-state index in [9.17, 15) is 58.2 Å². The molecule has 26 nitrogen and oxygen atoms in total. The van der Waals surface area contributed by atoms with E-state index >= 15 is 0 Å². The fourth-order valence-electron chi connectivity index (χ4n) is 7.40. The summed E-state index contributed by atoms with van der Waals surface area (Å²) in [6.45, 7) is 6.15. The van der Waals surface area contributed by atoms with Crippen molar-refractivity contribution in [3.63, 3.8) is 0 Å². The maximum atomic E-state index is 14.3. The molecule has 71 heavy (non-hydrogen) atoms. The molecule has 1 heterocycles. The van der Waals surface area contributed by atoms with Crippen LogP contribution >= 0.6 is 0 Å². The van der Waals surface area contributed by atoms with Gasteiger partial charge in [0.1, 0.15) is 54.4 Å². The Bertz CT molecular complexity index is 1960. The van der Waals surface area contributed by atoms with Crippen LogP contribution in [-0.2, 0) is 54.4 Å². The Hall–Kier alpha value is -6.32. The molecule has 0 aromatic heterocycles. The normalized spacial score (nSPS) is 24.2. The Balaban J connectivity index is 2.75. The van der Waals surface area contributed by atoms with Crippen LogP contribution in [0.4, 0.5) is 0 Å². The Morgan fingerprint density at radius 2 is 1.10 bits per heavy atom. The number of benzene rings is 1. The van der Waals surface area contributed by atoms with Gasteiger partial charge in [0.05, 0.1) is 12.2 Å². The molecule has 20 N–H and O–H groups in total. The molecule has 26 heteroatoms. The second kappa shape index (κ2) is 31.1. The van der Waals surface area contributed by atoms with Crippen LogP contribution in [0, 0.1) is 5.92 Å². The molecule has 1 aliphatic rings. The van der Waals surface area contributed by atoms with Crippen molar-refractivity contribution < 1.29 is 58.2 Å². The molecule has 0 radical (unpaired) electrons. The predicted molar refractivity (Wildman–Crippen MR) is 258 cm³/mol. The molecule has 0 aliphatic carbocycles. The number of carbonyl (C=O) groups excluding carboxylic acids is 10. The molecular formula is C45H76N14O12. The molecule has 0 unspecified atom stereocenters. The fourth-order valence-corrected chi connectivity index (χ4v) is 7.40. The van der Waals surface area contributed by atoms with Gasteiger partial charge in [0, 0.05) is 19.9 Å². The maximum Gasteiger partial charge on any atom is 0.245 e. The van der Waals surface area contributed by atoms with E-state index in [0.717, 1.165) is 6.92 Å². The minimum absolute atomic E-state index is 0.0623. The molecule has 1 aromatic carbocycles. The van der Waals surface area contributed by atoms with Gasteiger partial charge in [-0.05, 0) is 90.0 Å². The summed E-state index contributed by atoms with van der Waals surface area (Å²) >= 11 is 0. The average Bonchev–Trinajstić information content (AvgIpc) is 3.30. The first-order chi connectivity index (χ1) is 33.6. The van der Waals surface area contributed by atoms with Gasteiger partial charge in [0.15, 0.2) is 0 Å². The number of aliphatic hydroxyl groups is 2. The number of carbonyl (C=O) groups is 10. The van der Waals surface area contributed by atoms with E-state index in [-0.39, 0.29) is 70.6 Å². The zero-order chi connectivity index (χ0) is 53.4. The molecule has 1 fully saturated rings. The summed E-state index contributed by atoms with van der Waals surface area (Å²) in [4.78, 5) is 137. The van der Waals surface area contributed by atoms with Crippen molar-refractivity contribution >= 4 is 59.1 Å². The molecule has 1 aliphatic heterocycles. The third-order valence-corrected chi connectivity index (χ3v) is 11.2. The van der Waals surface area contributed by atoms with Gasteiger partial charge < -0.3 is 86.3 Å². The molecule has 10 amide bonds. The first-order valence-corrected chi connectivity index (χ1v) is 23.7. The largest absolute Gasteiger partial charge is 0.391 e. The Kier molecular flexibility index (Phi) is 26.6. The SMILES string of the molecule is CC(=O)N[C@H](C(=O)N[C@@H](CCN)C(=O)N[C@H]1CCNC(=O)[C@H]([C@@H](C)O)NC(=O)[C@H](CCN)NC(=O)[C@H](CCN)NC(=O)[C@H](CC(C)C)NC(=O)[C@@H](Cc2ccccc2)NC(=O)[C@H](CCN)NC1=O)[C@@H](C)O. The van der Waals surface area contributed by atoms with Gasteiger partial charge in [-0.3, -0.25) is 47.9 Å². The van der Waals surface area contributed by atoms with E-state index in [2.05, 4.69) is 53.2 Å². The molecule has 0 bridgehead atoms. The molecule has 398 valence electrons. The highest BCUT2D eigenvalue weighted by atomic mass is 16.3. The molecule has 1 saturated heterocycles. The van der Waals surface area contributed by atoms with Crippen molar-refractivity contribution in [3.8, 4) is 0 Å². The highest BCUT2D eigenvalue weighted by Gasteiger charge is 2.36. The number of amides is 10. The van der Waals surface area contributed by atoms with Crippen LogP contribution in [0.3, 0.4) is 0 Å². The van der Waals surface area contributed by atoms with E-state index in [0.29, 0.717) is 5.56 Å². The summed E-state index contributed by atoms with van der Waals surface area (Å²) in [5, 5.41) is 46.0. The van der Waals surface area contributed by atoms with Crippen LogP contribution < -0.4 is 76.1 Å². The highest BCUT2D eigenvalue weighted by Crippen LogP contribution is 2.11. The lowest BCUT2D eigenvalue weighted by atomic mass is 10.00. The summed E-state index contributed by atoms with van der Waals surface area (Å²) < 4.78 is 0. The van der Waals surface area contributed by atoms with Crippen molar-refractivity contribution in [2.45, 2.75) is 146 Å². The van der Waals surface area contributed by atoms with Gasteiger partial charge in [-0.2, -0.15) is 0 Å². The number of hydrogen-bond acceptors (Lipinski definition) is 16. The van der Waals surface area contributed by atoms with E-state index in [1.54, 1.807) is 44.2 Å². The molecule has 2 rings (SSSR count). The first-order valence-electron chi connectivity index (χ1n) is 23.7. The molecule has 0 spiro atoms. The van der Waals surface area contributed by atoms with Crippen molar-refractivity contribution in [1.82, 2.24) is 53.2 Å². The van der Waals surface area contributed by atoms with Gasteiger partial charge in [-0.25, -0.2) is 0 Å². The number of nitrogens with one attached hydrogen (secondary N) is 10. The average molecular weight is 1010 g/mol. The molecular weight excluding hydrogens is 929 g/mol. The van der Waals surface area contributed by atoms with Gasteiger partial charge in [-0.1, -0.05) is 44.2 Å². The molecule has 1 aromatic rings. The lowest BCUT2D eigenvalue weighted by Crippen LogP contribution is -2.61.